The van der Waals surface area contributed by atoms with Crippen LogP contribution in [0.4, 0.5) is 0 Å². The van der Waals surface area contributed by atoms with Crippen LogP contribution in [0, 0.1) is 18.3 Å². The zero-order valence-electron chi connectivity index (χ0n) is 7.75. The van der Waals surface area contributed by atoms with Crippen LogP contribution in [0.3, 0.4) is 0 Å². The van der Waals surface area contributed by atoms with Gasteiger partial charge in [0, 0.05) is 26.1 Å². The summed E-state index contributed by atoms with van der Waals surface area (Å²) < 4.78 is 5.42. The van der Waals surface area contributed by atoms with E-state index < -0.39 is 0 Å². The maximum absolute atomic E-state index is 5.42. The van der Waals surface area contributed by atoms with Gasteiger partial charge in [0.15, 0.2) is 0 Å². The van der Waals surface area contributed by atoms with E-state index in [0.717, 1.165) is 39.3 Å². The average Bonchev–Trinajstić information content (AvgIpc) is 2.26. The Morgan fingerprint density at radius 1 is 1.67 bits per heavy atom. The summed E-state index contributed by atoms with van der Waals surface area (Å²) in [5.74, 6) is 3.31. The van der Waals surface area contributed by atoms with Crippen molar-refractivity contribution in [1.29, 1.82) is 0 Å². The third-order valence-electron chi connectivity index (χ3n) is 2.10. The van der Waals surface area contributed by atoms with Gasteiger partial charge >= 0.3 is 0 Å². The molecule has 0 aromatic heterocycles. The topological polar surface area (TPSA) is 12.5 Å². The fourth-order valence-corrected chi connectivity index (χ4v) is 1.49. The van der Waals surface area contributed by atoms with E-state index in [4.69, 9.17) is 11.2 Å². The third kappa shape index (κ3) is 3.25. The van der Waals surface area contributed by atoms with Crippen molar-refractivity contribution >= 4 is 0 Å². The molecule has 0 saturated carbocycles. The predicted molar refractivity (Wildman–Crippen MR) is 49.9 cm³/mol. The minimum absolute atomic E-state index is 0.644. The Morgan fingerprint density at radius 3 is 3.25 bits per heavy atom. The fraction of sp³-hybridized carbons (Fsp3) is 0.800. The van der Waals surface area contributed by atoms with Crippen molar-refractivity contribution in [1.82, 2.24) is 4.90 Å². The molecule has 12 heavy (non-hydrogen) atoms. The molecule has 0 aromatic rings. The molecule has 1 aliphatic heterocycles. The number of nitrogens with zero attached hydrogens (tertiary/aromatic N) is 1. The second kappa shape index (κ2) is 5.18. The summed E-state index contributed by atoms with van der Waals surface area (Å²) in [6.07, 6.45) is 6.07. The molecule has 0 bridgehead atoms. The normalized spacial score (nSPS) is 26.2. The average molecular weight is 167 g/mol. The summed E-state index contributed by atoms with van der Waals surface area (Å²) in [4.78, 5) is 2.39. The molecule has 1 atom stereocenters. The van der Waals surface area contributed by atoms with Gasteiger partial charge in [-0.3, -0.25) is 4.90 Å². The van der Waals surface area contributed by atoms with Crippen LogP contribution in [0.1, 0.15) is 13.3 Å². The molecule has 1 aliphatic rings. The van der Waals surface area contributed by atoms with Gasteiger partial charge < -0.3 is 4.74 Å². The Balaban J connectivity index is 2.27. The number of hydrogen-bond acceptors (Lipinski definition) is 2. The van der Waals surface area contributed by atoms with Crippen LogP contribution in [0.25, 0.3) is 0 Å². The van der Waals surface area contributed by atoms with Crippen molar-refractivity contribution in [2.24, 2.45) is 5.92 Å². The van der Waals surface area contributed by atoms with Crippen LogP contribution in [0.15, 0.2) is 0 Å². The van der Waals surface area contributed by atoms with Gasteiger partial charge in [-0.05, 0) is 5.92 Å². The first-order valence-electron chi connectivity index (χ1n) is 4.56. The van der Waals surface area contributed by atoms with Gasteiger partial charge in [0.2, 0.25) is 0 Å². The molecule has 68 valence electrons. The lowest BCUT2D eigenvalue weighted by atomic mass is 10.2. The fourth-order valence-electron chi connectivity index (χ4n) is 1.49. The summed E-state index contributed by atoms with van der Waals surface area (Å²) in [7, 11) is 0. The standard InChI is InChI=1S/C10H17NO/c1-3-4-5-11-6-7-12-9-10(2)8-11/h1,10H,4-9H2,2H3. The molecular formula is C10H17NO. The van der Waals surface area contributed by atoms with Gasteiger partial charge in [-0.15, -0.1) is 12.3 Å². The van der Waals surface area contributed by atoms with Crippen LogP contribution in [-0.2, 0) is 4.74 Å². The second-order valence-electron chi connectivity index (χ2n) is 3.43. The van der Waals surface area contributed by atoms with E-state index in [9.17, 15) is 0 Å². The van der Waals surface area contributed by atoms with Crippen molar-refractivity contribution in [3.63, 3.8) is 0 Å². The lowest BCUT2D eigenvalue weighted by Gasteiger charge is -2.19. The quantitative estimate of drug-likeness (QED) is 0.568. The molecule has 0 radical (unpaired) electrons. The van der Waals surface area contributed by atoms with Gasteiger partial charge in [-0.2, -0.15) is 0 Å². The number of rotatable bonds is 2. The summed E-state index contributed by atoms with van der Waals surface area (Å²) in [6, 6.07) is 0. The van der Waals surface area contributed by atoms with Crippen LogP contribution in [0.2, 0.25) is 0 Å². The SMILES string of the molecule is C#CCCN1CCOCC(C)C1. The smallest absolute Gasteiger partial charge is 0.0593 e. The van der Waals surface area contributed by atoms with E-state index in [1.165, 1.54) is 0 Å². The second-order valence-corrected chi connectivity index (χ2v) is 3.43. The Bertz CT molecular complexity index is 162. The zero-order chi connectivity index (χ0) is 8.81. The third-order valence-corrected chi connectivity index (χ3v) is 2.10. The lowest BCUT2D eigenvalue weighted by Crippen LogP contribution is -2.29. The molecule has 2 nitrogen and oxygen atoms in total. The minimum atomic E-state index is 0.644. The molecule has 0 amide bonds. The number of hydrogen-bond donors (Lipinski definition) is 0. The number of terminal acetylenes is 1. The molecule has 0 aromatic carbocycles. The Hall–Kier alpha value is -0.520. The molecule has 1 heterocycles. The first kappa shape index (κ1) is 9.57. The summed E-state index contributed by atoms with van der Waals surface area (Å²) in [5.41, 5.74) is 0. The molecular weight excluding hydrogens is 150 g/mol. The van der Waals surface area contributed by atoms with Crippen molar-refractivity contribution < 1.29 is 4.74 Å². The molecule has 1 unspecified atom stereocenters. The maximum atomic E-state index is 5.42. The molecule has 2 heteroatoms. The monoisotopic (exact) mass is 167 g/mol. The van der Waals surface area contributed by atoms with Crippen molar-refractivity contribution in [2.45, 2.75) is 13.3 Å². The largest absolute Gasteiger partial charge is 0.380 e. The van der Waals surface area contributed by atoms with E-state index in [1.54, 1.807) is 0 Å². The van der Waals surface area contributed by atoms with Crippen molar-refractivity contribution in [2.75, 3.05) is 32.8 Å². The first-order chi connectivity index (χ1) is 5.83. The zero-order valence-corrected chi connectivity index (χ0v) is 7.75. The molecule has 1 saturated heterocycles. The highest BCUT2D eigenvalue weighted by Gasteiger charge is 2.13. The highest BCUT2D eigenvalue weighted by Crippen LogP contribution is 2.05. The molecule has 1 fully saturated rings. The van der Waals surface area contributed by atoms with E-state index in [2.05, 4.69) is 17.7 Å². The van der Waals surface area contributed by atoms with Crippen LogP contribution < -0.4 is 0 Å². The Kier molecular flexibility index (Phi) is 4.13. The summed E-state index contributed by atoms with van der Waals surface area (Å²) in [5, 5.41) is 0. The number of ether oxygens (including phenoxy) is 1. The van der Waals surface area contributed by atoms with Crippen molar-refractivity contribution in [3.05, 3.63) is 0 Å². The minimum Gasteiger partial charge on any atom is -0.380 e. The maximum Gasteiger partial charge on any atom is 0.0593 e. The lowest BCUT2D eigenvalue weighted by molar-refractivity contribution is 0.126. The van der Waals surface area contributed by atoms with Gasteiger partial charge in [0.25, 0.3) is 0 Å². The van der Waals surface area contributed by atoms with E-state index in [0.29, 0.717) is 5.92 Å². The van der Waals surface area contributed by atoms with Gasteiger partial charge in [-0.25, -0.2) is 0 Å². The van der Waals surface area contributed by atoms with E-state index in [-0.39, 0.29) is 0 Å². The molecule has 1 rings (SSSR count). The molecule has 0 N–H and O–H groups in total. The van der Waals surface area contributed by atoms with Crippen LogP contribution in [0.5, 0.6) is 0 Å². The predicted octanol–water partition coefficient (Wildman–Crippen LogP) is 0.978. The Labute approximate surface area is 74.9 Å². The summed E-state index contributed by atoms with van der Waals surface area (Å²) in [6.45, 7) is 7.15. The van der Waals surface area contributed by atoms with Crippen LogP contribution >= 0.6 is 0 Å². The summed E-state index contributed by atoms with van der Waals surface area (Å²) >= 11 is 0. The van der Waals surface area contributed by atoms with Gasteiger partial charge in [0.1, 0.15) is 0 Å². The molecule has 0 spiro atoms. The van der Waals surface area contributed by atoms with Crippen LogP contribution in [-0.4, -0.2) is 37.7 Å². The first-order valence-corrected chi connectivity index (χ1v) is 4.56. The van der Waals surface area contributed by atoms with Gasteiger partial charge in [0.05, 0.1) is 13.2 Å². The molecule has 0 aliphatic carbocycles. The Morgan fingerprint density at radius 2 is 2.50 bits per heavy atom. The van der Waals surface area contributed by atoms with E-state index in [1.807, 2.05) is 0 Å². The highest BCUT2D eigenvalue weighted by atomic mass is 16.5. The van der Waals surface area contributed by atoms with Crippen molar-refractivity contribution in [3.8, 4) is 12.3 Å². The highest BCUT2D eigenvalue weighted by molar-refractivity contribution is 4.85. The van der Waals surface area contributed by atoms with Gasteiger partial charge in [-0.1, -0.05) is 6.92 Å². The van der Waals surface area contributed by atoms with E-state index >= 15 is 0 Å².